The van der Waals surface area contributed by atoms with E-state index in [0.717, 1.165) is 53.9 Å². The van der Waals surface area contributed by atoms with Gasteiger partial charge in [0.15, 0.2) is 11.5 Å². The number of ether oxygens (including phenoxy) is 2. The van der Waals surface area contributed by atoms with Crippen LogP contribution < -0.4 is 9.47 Å². The van der Waals surface area contributed by atoms with Gasteiger partial charge in [-0.3, -0.25) is 0 Å². The summed E-state index contributed by atoms with van der Waals surface area (Å²) in [7, 11) is 0. The van der Waals surface area contributed by atoms with Crippen molar-refractivity contribution >= 4 is 11.0 Å². The molecule has 0 amide bonds. The minimum absolute atomic E-state index is 0.579. The predicted molar refractivity (Wildman–Crippen MR) is 82.1 cm³/mol. The van der Waals surface area contributed by atoms with E-state index in [0.29, 0.717) is 5.92 Å². The highest BCUT2D eigenvalue weighted by molar-refractivity contribution is 5.80. The van der Waals surface area contributed by atoms with Gasteiger partial charge in [-0.1, -0.05) is 19.8 Å². The number of nitrogens with one attached hydrogen (secondary N) is 1. The molecular formula is C17H22N2O2. The van der Waals surface area contributed by atoms with Crippen LogP contribution in [0.5, 0.6) is 11.5 Å². The maximum absolute atomic E-state index is 5.75. The predicted octanol–water partition coefficient (Wildman–Crippen LogP) is 4.02. The molecule has 2 aliphatic rings. The fraction of sp³-hybridized carbons (Fsp3) is 0.588. The number of benzene rings is 1. The van der Waals surface area contributed by atoms with Gasteiger partial charge in [0.2, 0.25) is 0 Å². The first-order valence-electron chi connectivity index (χ1n) is 8.09. The molecule has 4 rings (SSSR count). The van der Waals surface area contributed by atoms with Crippen molar-refractivity contribution in [3.05, 3.63) is 18.0 Å². The van der Waals surface area contributed by atoms with Gasteiger partial charge >= 0.3 is 0 Å². The van der Waals surface area contributed by atoms with E-state index < -0.39 is 0 Å². The van der Waals surface area contributed by atoms with Crippen LogP contribution in [0, 0.1) is 5.92 Å². The van der Waals surface area contributed by atoms with Crippen molar-refractivity contribution in [1.29, 1.82) is 0 Å². The van der Waals surface area contributed by atoms with E-state index >= 15 is 0 Å². The highest BCUT2D eigenvalue weighted by Crippen LogP contribution is 2.37. The first-order valence-corrected chi connectivity index (χ1v) is 8.09. The van der Waals surface area contributed by atoms with Gasteiger partial charge in [0.25, 0.3) is 0 Å². The van der Waals surface area contributed by atoms with E-state index in [9.17, 15) is 0 Å². The summed E-state index contributed by atoms with van der Waals surface area (Å²) in [4.78, 5) is 8.31. The Morgan fingerprint density at radius 1 is 1.05 bits per heavy atom. The lowest BCUT2D eigenvalue weighted by Crippen LogP contribution is -2.11. The van der Waals surface area contributed by atoms with E-state index in [1.54, 1.807) is 0 Å². The average Bonchev–Trinajstić information content (AvgIpc) is 2.76. The number of H-pyrrole nitrogens is 1. The summed E-state index contributed by atoms with van der Waals surface area (Å²) in [5, 5.41) is 0. The van der Waals surface area contributed by atoms with Crippen LogP contribution in [-0.4, -0.2) is 23.2 Å². The maximum atomic E-state index is 5.75. The highest BCUT2D eigenvalue weighted by Gasteiger charge is 2.23. The van der Waals surface area contributed by atoms with E-state index in [4.69, 9.17) is 14.5 Å². The molecule has 0 radical (unpaired) electrons. The molecule has 2 aromatic rings. The monoisotopic (exact) mass is 286 g/mol. The molecule has 112 valence electrons. The first-order chi connectivity index (χ1) is 10.3. The van der Waals surface area contributed by atoms with Gasteiger partial charge in [-0.25, -0.2) is 4.98 Å². The normalized spacial score (nSPS) is 25.8. The van der Waals surface area contributed by atoms with Crippen LogP contribution in [0.1, 0.15) is 50.8 Å². The molecule has 1 fully saturated rings. The molecule has 0 saturated heterocycles. The van der Waals surface area contributed by atoms with Gasteiger partial charge in [0, 0.05) is 24.5 Å². The quantitative estimate of drug-likeness (QED) is 0.861. The lowest BCUT2D eigenvalue weighted by Gasteiger charge is -2.24. The molecule has 1 aliphatic carbocycles. The molecule has 4 heteroatoms. The third-order valence-electron chi connectivity index (χ3n) is 4.77. The number of hydrogen-bond donors (Lipinski definition) is 1. The Hall–Kier alpha value is -1.71. The topological polar surface area (TPSA) is 47.1 Å². The molecule has 1 aromatic heterocycles. The summed E-state index contributed by atoms with van der Waals surface area (Å²) in [5.41, 5.74) is 2.06. The second-order valence-corrected chi connectivity index (χ2v) is 6.45. The highest BCUT2D eigenvalue weighted by atomic mass is 16.5. The third kappa shape index (κ3) is 2.47. The van der Waals surface area contributed by atoms with E-state index in [1.165, 1.54) is 25.7 Å². The number of hydrogen-bond acceptors (Lipinski definition) is 3. The van der Waals surface area contributed by atoms with Gasteiger partial charge in [0.05, 0.1) is 24.2 Å². The molecular weight excluding hydrogens is 264 g/mol. The van der Waals surface area contributed by atoms with Crippen molar-refractivity contribution in [3.8, 4) is 11.5 Å². The van der Waals surface area contributed by atoms with Crippen LogP contribution in [0.15, 0.2) is 12.1 Å². The van der Waals surface area contributed by atoms with Crippen molar-refractivity contribution in [2.45, 2.75) is 44.9 Å². The van der Waals surface area contributed by atoms with E-state index in [2.05, 4.69) is 11.9 Å². The largest absolute Gasteiger partial charge is 0.489 e. The minimum Gasteiger partial charge on any atom is -0.489 e. The van der Waals surface area contributed by atoms with E-state index in [1.807, 2.05) is 12.1 Å². The van der Waals surface area contributed by atoms with Crippen molar-refractivity contribution in [2.75, 3.05) is 13.2 Å². The maximum Gasteiger partial charge on any atom is 0.163 e. The van der Waals surface area contributed by atoms with Crippen molar-refractivity contribution < 1.29 is 9.47 Å². The first kappa shape index (κ1) is 13.0. The smallest absolute Gasteiger partial charge is 0.163 e. The zero-order valence-corrected chi connectivity index (χ0v) is 12.5. The fourth-order valence-corrected chi connectivity index (χ4v) is 3.41. The lowest BCUT2D eigenvalue weighted by atomic mass is 9.83. The third-order valence-corrected chi connectivity index (χ3v) is 4.77. The molecule has 1 N–H and O–H groups in total. The van der Waals surface area contributed by atoms with Gasteiger partial charge in [-0.05, 0) is 18.8 Å². The molecule has 4 nitrogen and oxygen atoms in total. The zero-order valence-electron chi connectivity index (χ0n) is 12.5. The Bertz CT molecular complexity index is 599. The van der Waals surface area contributed by atoms with Crippen LogP contribution >= 0.6 is 0 Å². The van der Waals surface area contributed by atoms with Crippen LogP contribution in [0.25, 0.3) is 11.0 Å². The molecule has 2 heterocycles. The van der Waals surface area contributed by atoms with Crippen LogP contribution in [-0.2, 0) is 0 Å². The van der Waals surface area contributed by atoms with Gasteiger partial charge in [-0.2, -0.15) is 0 Å². The van der Waals surface area contributed by atoms with Crippen LogP contribution in [0.2, 0.25) is 0 Å². The number of rotatable bonds is 1. The Labute approximate surface area is 124 Å². The Kier molecular flexibility index (Phi) is 3.24. The minimum atomic E-state index is 0.579. The fourth-order valence-electron chi connectivity index (χ4n) is 3.41. The second kappa shape index (κ2) is 5.24. The molecule has 0 bridgehead atoms. The summed E-state index contributed by atoms with van der Waals surface area (Å²) < 4.78 is 11.5. The average molecular weight is 286 g/mol. The van der Waals surface area contributed by atoms with Crippen molar-refractivity contribution in [3.63, 3.8) is 0 Å². The number of imidazole rings is 1. The Morgan fingerprint density at radius 2 is 1.76 bits per heavy atom. The summed E-state index contributed by atoms with van der Waals surface area (Å²) in [6.07, 6.45) is 6.04. The summed E-state index contributed by atoms with van der Waals surface area (Å²) in [6.45, 7) is 3.79. The standard InChI is InChI=1S/C17H22N2O2/c1-11-3-5-12(6-4-11)17-18-13-9-15-16(10-14(13)19-17)21-8-2-7-20-15/h9-12H,2-8H2,1H3,(H,18,19). The molecule has 0 unspecified atom stereocenters. The Morgan fingerprint density at radius 3 is 2.52 bits per heavy atom. The number of aromatic nitrogens is 2. The van der Waals surface area contributed by atoms with Gasteiger partial charge in [-0.15, -0.1) is 0 Å². The zero-order chi connectivity index (χ0) is 14.2. The molecule has 0 spiro atoms. The summed E-state index contributed by atoms with van der Waals surface area (Å²) in [6, 6.07) is 4.05. The second-order valence-electron chi connectivity index (χ2n) is 6.45. The van der Waals surface area contributed by atoms with Crippen LogP contribution in [0.3, 0.4) is 0 Å². The van der Waals surface area contributed by atoms with Crippen molar-refractivity contribution in [2.24, 2.45) is 5.92 Å². The van der Waals surface area contributed by atoms with Gasteiger partial charge in [0.1, 0.15) is 5.82 Å². The SMILES string of the molecule is CC1CCC(c2nc3cc4c(cc3[nH]2)OCCCO4)CC1. The van der Waals surface area contributed by atoms with Crippen molar-refractivity contribution in [1.82, 2.24) is 9.97 Å². The summed E-state index contributed by atoms with van der Waals surface area (Å²) >= 11 is 0. The molecule has 0 atom stereocenters. The number of aromatic amines is 1. The summed E-state index contributed by atoms with van der Waals surface area (Å²) in [5.74, 6) is 4.25. The molecule has 1 saturated carbocycles. The molecule has 1 aliphatic heterocycles. The number of fused-ring (bicyclic) bond motifs is 2. The van der Waals surface area contributed by atoms with Crippen LogP contribution in [0.4, 0.5) is 0 Å². The van der Waals surface area contributed by atoms with E-state index in [-0.39, 0.29) is 0 Å². The number of nitrogens with zero attached hydrogens (tertiary/aromatic N) is 1. The van der Waals surface area contributed by atoms with Gasteiger partial charge < -0.3 is 14.5 Å². The lowest BCUT2D eigenvalue weighted by molar-refractivity contribution is 0.297. The molecule has 1 aromatic carbocycles. The Balaban J connectivity index is 1.67. The molecule has 21 heavy (non-hydrogen) atoms.